The van der Waals surface area contributed by atoms with Gasteiger partial charge < -0.3 is 44.1 Å². The number of aliphatic carboxylic acids is 1. The van der Waals surface area contributed by atoms with Crippen molar-refractivity contribution in [2.75, 3.05) is 41.5 Å². The Morgan fingerprint density at radius 2 is 0.919 bits per heavy atom. The van der Waals surface area contributed by atoms with E-state index in [1.165, 1.54) is 69.0 Å². The number of benzene rings is 4. The van der Waals surface area contributed by atoms with Crippen LogP contribution in [0.3, 0.4) is 0 Å². The number of carbonyl (C=O) groups is 9. The van der Waals surface area contributed by atoms with Crippen molar-refractivity contribution in [2.24, 2.45) is 41.4 Å². The van der Waals surface area contributed by atoms with Gasteiger partial charge in [0.25, 0.3) is 11.8 Å². The monoisotopic (exact) mass is 2260 g/mol. The first kappa shape index (κ1) is 122. The molecule has 0 aliphatic carbocycles. The third-order valence-corrected chi connectivity index (χ3v) is 50.9. The molecular formula is C105H171I2N9O17Si2Sn. The third-order valence-electron chi connectivity index (χ3n) is 26.8. The van der Waals surface area contributed by atoms with Crippen LogP contribution in [0.2, 0.25) is 49.6 Å². The summed E-state index contributed by atoms with van der Waals surface area (Å²) in [6.07, 6.45) is 14.8. The number of carbonyl (C=O) groups excluding carboxylic acids is 8. The average Bonchev–Trinajstić information content (AvgIpc) is 0.815. The Kier molecular flexibility index (Phi) is 52.8. The maximum atomic E-state index is 14.7. The van der Waals surface area contributed by atoms with Gasteiger partial charge in [-0.25, -0.2) is 10.9 Å². The van der Waals surface area contributed by atoms with Crippen molar-refractivity contribution in [1.82, 2.24) is 47.5 Å². The number of nitrogens with zero attached hydrogens (tertiary/aromatic N) is 2. The molecule has 0 unspecified atom stereocenters. The molecule has 8 N–H and O–H groups in total. The molecule has 2 saturated heterocycles. The molecule has 2 aliphatic heterocycles. The molecule has 4 aromatic rings. The fraction of sp³-hybridized carbons (Fsp3) is 0.648. The molecule has 31 heteroatoms. The number of carboxylic acids is 1. The summed E-state index contributed by atoms with van der Waals surface area (Å²) in [6.45, 7) is 52.5. The number of hydrazine groups is 2. The number of ether oxygens (including phenoxy) is 5. The van der Waals surface area contributed by atoms with E-state index in [9.17, 15) is 43.2 Å². The number of rotatable bonds is 49. The number of halogens is 2. The summed E-state index contributed by atoms with van der Waals surface area (Å²) in [5, 5.41) is 27.0. The molecule has 26 nitrogen and oxygen atoms in total. The van der Waals surface area contributed by atoms with E-state index in [4.69, 9.17) is 37.6 Å². The second-order valence-corrected chi connectivity index (χ2v) is 66.7. The summed E-state index contributed by atoms with van der Waals surface area (Å²) in [5.41, 5.74) is 9.23. The molecule has 6 rings (SSSR count). The van der Waals surface area contributed by atoms with Crippen LogP contribution < -0.4 is 46.3 Å². The second-order valence-electron chi connectivity index (χ2n) is 41.7. The van der Waals surface area contributed by atoms with Crippen LogP contribution in [0.5, 0.6) is 11.5 Å². The van der Waals surface area contributed by atoms with Crippen molar-refractivity contribution in [3.05, 3.63) is 149 Å². The van der Waals surface area contributed by atoms with Crippen molar-refractivity contribution in [1.29, 1.82) is 0 Å². The third kappa shape index (κ3) is 40.6. The Labute approximate surface area is 849 Å². The van der Waals surface area contributed by atoms with E-state index >= 15 is 0 Å². The molecule has 2 heterocycles. The predicted octanol–water partition coefficient (Wildman–Crippen LogP) is 19.4. The Hall–Kier alpha value is -6.36. The van der Waals surface area contributed by atoms with Gasteiger partial charge in [0.2, 0.25) is 34.4 Å². The zero-order valence-corrected chi connectivity index (χ0v) is 96.7. The minimum absolute atomic E-state index is 0.00204. The number of nitrogens with one attached hydrogen (secondary N) is 7. The molecule has 0 bridgehead atoms. The van der Waals surface area contributed by atoms with Crippen LogP contribution in [-0.4, -0.2) is 205 Å². The number of methoxy groups -OCH3 is 4. The zero-order valence-electron chi connectivity index (χ0n) is 87.6. The van der Waals surface area contributed by atoms with Gasteiger partial charge >= 0.3 is 239 Å². The molecule has 2 fully saturated rings. The summed E-state index contributed by atoms with van der Waals surface area (Å²) >= 11 is 1.86. The van der Waals surface area contributed by atoms with Gasteiger partial charge in [-0.2, -0.15) is 0 Å². The summed E-state index contributed by atoms with van der Waals surface area (Å²) < 4.78 is 50.4. The number of unbranched alkanes of at least 4 members (excludes halogenated alkanes) is 3. The van der Waals surface area contributed by atoms with E-state index < -0.39 is 118 Å². The van der Waals surface area contributed by atoms with Crippen molar-refractivity contribution >= 4 is 133 Å². The number of hydrogen-bond acceptors (Lipinski definition) is 18. The van der Waals surface area contributed by atoms with Gasteiger partial charge in [0.15, 0.2) is 0 Å². The van der Waals surface area contributed by atoms with Gasteiger partial charge in [0.05, 0.1) is 30.5 Å². The fourth-order valence-electron chi connectivity index (χ4n) is 16.4. The molecule has 0 aromatic heterocycles. The molecule has 0 radical (unpaired) electrons. The molecule has 0 saturated carbocycles. The predicted molar refractivity (Wildman–Crippen MR) is 569 cm³/mol. The van der Waals surface area contributed by atoms with Crippen LogP contribution in [0, 0.1) is 48.6 Å². The van der Waals surface area contributed by atoms with Crippen LogP contribution in [0.4, 0.5) is 0 Å². The Balaban J connectivity index is 0.000000506. The number of carboxylic acid groups (broad SMARTS) is 1. The van der Waals surface area contributed by atoms with Gasteiger partial charge in [-0.3, -0.25) is 43.6 Å². The van der Waals surface area contributed by atoms with Crippen molar-refractivity contribution < 1.29 is 80.8 Å². The van der Waals surface area contributed by atoms with Crippen molar-refractivity contribution in [3.8, 4) is 11.5 Å². The SMILES string of the molecule is C/C=C/[C@H](OC)[C@H](C)[C@@H](OC)[C@@H](C)C(=O)O.CC(C)[C@H](CC(=O)OC(C)(C)C)C(=O)N[C@@H](Cc1cccc(O[Si](C)(C)C(C)(C)C)c1)C(=O)N1CCC[C@@H](C(=O)NCc2cccc(I)c2)N1.CCC[CH2][Sn](/[CH]=C/[C@H](OC)[C@H](C)[C@@H](OC)[C@@H](C)C(=O)N[C@H](C(=O)N[C@@H](Cc1cccc(O[Si](C)(C)C(C)(C)C)c1)C(=O)N1CCC[C@@H](C(=O)NCc2cccc(I)c2)N1)C(C)C)([CH2]CCC)[CH2]CCC. The van der Waals surface area contributed by atoms with Crippen LogP contribution >= 0.6 is 45.2 Å². The number of hydrogen-bond donors (Lipinski definition) is 8. The Bertz CT molecular complexity index is 4440. The van der Waals surface area contributed by atoms with E-state index in [-0.39, 0.29) is 101 Å². The minimum atomic E-state index is -2.63. The first-order chi connectivity index (χ1) is 63.7. The number of allylic oxidation sites excluding steroid dienone is 1. The first-order valence-corrected chi connectivity index (χ1v) is 64.9. The summed E-state index contributed by atoms with van der Waals surface area (Å²) in [7, 11) is 2.19. The van der Waals surface area contributed by atoms with E-state index in [0.717, 1.165) is 35.1 Å². The van der Waals surface area contributed by atoms with Crippen LogP contribution in [0.15, 0.2) is 119 Å². The molecule has 4 aromatic carbocycles. The molecule has 0 spiro atoms. The van der Waals surface area contributed by atoms with Gasteiger partial charge in [-0.1, -0.05) is 123 Å². The molecular weight excluding hydrogens is 2090 g/mol. The van der Waals surface area contributed by atoms with E-state index in [1.807, 2.05) is 158 Å². The number of amides is 7. The average molecular weight is 2260 g/mol. The summed E-state index contributed by atoms with van der Waals surface area (Å²) in [4.78, 5) is 122. The second kappa shape index (κ2) is 58.9. The summed E-state index contributed by atoms with van der Waals surface area (Å²) in [5.74, 6) is -4.78. The van der Waals surface area contributed by atoms with Crippen LogP contribution in [-0.2, 0) is 92.8 Å². The van der Waals surface area contributed by atoms with E-state index in [1.54, 1.807) is 49.0 Å². The van der Waals surface area contributed by atoms with Crippen LogP contribution in [0.1, 0.15) is 238 Å². The van der Waals surface area contributed by atoms with E-state index in [2.05, 4.69) is 188 Å². The molecule has 14 atom stereocenters. The topological polar surface area (TPSA) is 329 Å². The van der Waals surface area contributed by atoms with Gasteiger partial charge in [-0.05, 0) is 218 Å². The quantitative estimate of drug-likeness (QED) is 0.00881. The van der Waals surface area contributed by atoms with Crippen LogP contribution in [0.25, 0.3) is 0 Å². The van der Waals surface area contributed by atoms with Gasteiger partial charge in [0.1, 0.15) is 35.2 Å². The molecule has 764 valence electrons. The Morgan fingerprint density at radius 3 is 1.28 bits per heavy atom. The molecule has 2 aliphatic rings. The molecule has 136 heavy (non-hydrogen) atoms. The maximum absolute atomic E-state index is 14.7. The normalized spacial score (nSPS) is 17.4. The zero-order chi connectivity index (χ0) is 102. The van der Waals surface area contributed by atoms with Gasteiger partial charge in [0, 0.05) is 66.3 Å². The Morgan fingerprint density at radius 1 is 0.522 bits per heavy atom. The molecule has 7 amide bonds. The fourth-order valence-corrected chi connectivity index (χ4v) is 34.0. The standard InChI is InChI=1S/C43H65IN5O7Si.C38H57IN4O6Si.C12H22O4.3C4H9.Sn/c1-13-36(54-9)28(4)38(55-10)29(5)39(50)47-37(27(2)3)41(52)46-35(25-30-17-15-20-33(24-30)56-57(11,12)43(6,7)8)42(53)49-22-16-21-34(48-49)40(51)45-26-31-18-14-19-32(44)23-31;1-25(2)30(23-33(44)48-37(3,4)5)34(45)41-32(22-26-14-12-17-29(21-26)49-50(9,10)38(6,7)8)36(47)43-19-13-18-31(42-43)35(46)40-24-27-15-11-16-28(39)20-27;1-6-7-10(15-4)8(2)11(16-5)9(3)12(13)14;3*1-3-4-2;/h1,13-15,17-20,23-24,27-29,34-38,48H,16,21-22,25-26H2,2-12H3,(H,45,51)(H,46,52)(H,47,50);11-12,14-17,20-21,25,30-32,42H,13,18-19,22-24H2,1-10H3,(H,40,46)(H,41,45);6-11H,1-5H3,(H,13,14);3*1,3-4H2,2H3;/b;;7-6+;;;;/t28-,29+,34-,35-,36-,37-,38+;30-,31-,32-;8-,9+,10-,11+;;;;/m000..../s1. The van der Waals surface area contributed by atoms with E-state index in [0.29, 0.717) is 57.6 Å². The van der Waals surface area contributed by atoms with Crippen molar-refractivity contribution in [2.45, 2.75) is 352 Å². The van der Waals surface area contributed by atoms with Crippen molar-refractivity contribution in [3.63, 3.8) is 0 Å². The first-order valence-electron chi connectivity index (χ1n) is 49.2. The van der Waals surface area contributed by atoms with Gasteiger partial charge in [-0.15, -0.1) is 0 Å². The number of esters is 1. The summed E-state index contributed by atoms with van der Waals surface area (Å²) in [6, 6.07) is 27.0.